The van der Waals surface area contributed by atoms with Crippen LogP contribution in [0.2, 0.25) is 0 Å². The maximum absolute atomic E-state index is 4.63. The Balaban J connectivity index is 1.78. The van der Waals surface area contributed by atoms with E-state index < -0.39 is 0 Å². The van der Waals surface area contributed by atoms with Gasteiger partial charge in [-0.25, -0.2) is 0 Å². The van der Waals surface area contributed by atoms with Crippen molar-refractivity contribution in [2.45, 2.75) is 13.5 Å². The molecule has 2 heterocycles. The Morgan fingerprint density at radius 2 is 1.95 bits per heavy atom. The summed E-state index contributed by atoms with van der Waals surface area (Å²) in [5.41, 5.74) is 4.23. The molecule has 0 radical (unpaired) electrons. The van der Waals surface area contributed by atoms with E-state index in [2.05, 4.69) is 39.6 Å². The van der Waals surface area contributed by atoms with Crippen LogP contribution in [0.4, 0.5) is 5.69 Å². The fraction of sp³-hybridized carbons (Fsp3) is 0.125. The van der Waals surface area contributed by atoms with Crippen molar-refractivity contribution in [3.8, 4) is 0 Å². The first-order valence-electron chi connectivity index (χ1n) is 6.31. The number of aromatic nitrogens is 2. The lowest BCUT2D eigenvalue weighted by molar-refractivity contribution is 1.06. The zero-order valence-electron chi connectivity index (χ0n) is 10.8. The summed E-state index contributed by atoms with van der Waals surface area (Å²) in [5.74, 6) is 0. The molecule has 0 unspecified atom stereocenters. The van der Waals surface area contributed by atoms with E-state index in [1.807, 2.05) is 37.5 Å². The van der Waals surface area contributed by atoms with Gasteiger partial charge in [-0.05, 0) is 30.7 Å². The number of nitrogens with one attached hydrogen (secondary N) is 1. The Hall–Kier alpha value is -2.42. The first kappa shape index (κ1) is 11.7. The third kappa shape index (κ3) is 2.71. The minimum atomic E-state index is 0.704. The van der Waals surface area contributed by atoms with Crippen molar-refractivity contribution in [2.75, 3.05) is 5.32 Å². The number of hydrogen-bond acceptors (Lipinski definition) is 3. The molecule has 0 fully saturated rings. The van der Waals surface area contributed by atoms with Gasteiger partial charge in [0.1, 0.15) is 0 Å². The van der Waals surface area contributed by atoms with Crippen LogP contribution in [0.3, 0.4) is 0 Å². The largest absolute Gasteiger partial charge is 0.378 e. The van der Waals surface area contributed by atoms with Gasteiger partial charge in [-0.2, -0.15) is 0 Å². The standard InChI is InChI=1S/C16H15N3/c1-12-8-15(10-17-9-12)18-11-14-7-6-13-4-2-3-5-16(13)19-14/h2-10,18H,11H2,1H3. The van der Waals surface area contributed by atoms with Crippen molar-refractivity contribution >= 4 is 16.6 Å². The van der Waals surface area contributed by atoms with Gasteiger partial charge in [0.2, 0.25) is 0 Å². The minimum Gasteiger partial charge on any atom is -0.378 e. The molecule has 3 nitrogen and oxygen atoms in total. The second-order valence-electron chi connectivity index (χ2n) is 4.60. The van der Waals surface area contributed by atoms with Gasteiger partial charge < -0.3 is 5.32 Å². The van der Waals surface area contributed by atoms with Crippen molar-refractivity contribution in [2.24, 2.45) is 0 Å². The smallest absolute Gasteiger partial charge is 0.0706 e. The van der Waals surface area contributed by atoms with Crippen molar-refractivity contribution < 1.29 is 0 Å². The van der Waals surface area contributed by atoms with Crippen LogP contribution >= 0.6 is 0 Å². The first-order valence-corrected chi connectivity index (χ1v) is 6.31. The fourth-order valence-corrected chi connectivity index (χ4v) is 2.05. The van der Waals surface area contributed by atoms with Gasteiger partial charge in [0.25, 0.3) is 0 Å². The van der Waals surface area contributed by atoms with Crippen molar-refractivity contribution in [3.05, 3.63) is 66.1 Å². The maximum atomic E-state index is 4.63. The number of nitrogens with zero attached hydrogens (tertiary/aromatic N) is 2. The van der Waals surface area contributed by atoms with E-state index in [1.54, 1.807) is 0 Å². The highest BCUT2D eigenvalue weighted by Gasteiger charge is 1.98. The third-order valence-electron chi connectivity index (χ3n) is 3.00. The molecule has 1 aromatic carbocycles. The Bertz CT molecular complexity index is 707. The summed E-state index contributed by atoms with van der Waals surface area (Å²) in [6.45, 7) is 2.74. The van der Waals surface area contributed by atoms with Crippen molar-refractivity contribution in [3.63, 3.8) is 0 Å². The van der Waals surface area contributed by atoms with E-state index in [-0.39, 0.29) is 0 Å². The lowest BCUT2D eigenvalue weighted by Gasteiger charge is -2.07. The van der Waals surface area contributed by atoms with Crippen molar-refractivity contribution in [1.82, 2.24) is 9.97 Å². The summed E-state index contributed by atoms with van der Waals surface area (Å²) in [6.07, 6.45) is 3.67. The minimum absolute atomic E-state index is 0.704. The third-order valence-corrected chi connectivity index (χ3v) is 3.00. The van der Waals surface area contributed by atoms with Gasteiger partial charge in [-0.15, -0.1) is 0 Å². The average molecular weight is 249 g/mol. The normalized spacial score (nSPS) is 10.6. The molecule has 3 heteroatoms. The number of hydrogen-bond donors (Lipinski definition) is 1. The van der Waals surface area contributed by atoms with E-state index in [0.717, 1.165) is 22.5 Å². The molecule has 3 aromatic rings. The quantitative estimate of drug-likeness (QED) is 0.771. The van der Waals surface area contributed by atoms with Crippen LogP contribution in [0.1, 0.15) is 11.3 Å². The number of benzene rings is 1. The number of para-hydroxylation sites is 1. The highest BCUT2D eigenvalue weighted by molar-refractivity contribution is 5.78. The van der Waals surface area contributed by atoms with Crippen LogP contribution < -0.4 is 5.32 Å². The molecular formula is C16H15N3. The second-order valence-corrected chi connectivity index (χ2v) is 4.60. The van der Waals surface area contributed by atoms with Gasteiger partial charge in [0.15, 0.2) is 0 Å². The molecule has 0 aliphatic carbocycles. The van der Waals surface area contributed by atoms with Crippen LogP contribution in [0, 0.1) is 6.92 Å². The molecule has 0 atom stereocenters. The molecule has 1 N–H and O–H groups in total. The summed E-state index contributed by atoms with van der Waals surface area (Å²) < 4.78 is 0. The zero-order valence-corrected chi connectivity index (χ0v) is 10.8. The Labute approximate surface area is 112 Å². The Kier molecular flexibility index (Phi) is 3.11. The van der Waals surface area contributed by atoms with E-state index in [1.165, 1.54) is 5.39 Å². The Morgan fingerprint density at radius 1 is 1.05 bits per heavy atom. The average Bonchev–Trinajstić information content (AvgIpc) is 2.45. The molecule has 0 saturated carbocycles. The molecule has 0 aliphatic heterocycles. The van der Waals surface area contributed by atoms with Crippen LogP contribution in [0.25, 0.3) is 10.9 Å². The highest BCUT2D eigenvalue weighted by Crippen LogP contribution is 2.13. The molecule has 0 saturated heterocycles. The number of anilines is 1. The second kappa shape index (κ2) is 5.06. The zero-order chi connectivity index (χ0) is 13.1. The molecule has 0 aliphatic rings. The topological polar surface area (TPSA) is 37.8 Å². The molecule has 0 bridgehead atoms. The molecule has 19 heavy (non-hydrogen) atoms. The summed E-state index contributed by atoms with van der Waals surface area (Å²) in [7, 11) is 0. The number of rotatable bonds is 3. The molecule has 2 aromatic heterocycles. The molecular weight excluding hydrogens is 234 g/mol. The molecule has 0 spiro atoms. The van der Waals surface area contributed by atoms with E-state index in [0.29, 0.717) is 6.54 Å². The number of aryl methyl sites for hydroxylation is 1. The van der Waals surface area contributed by atoms with Crippen LogP contribution in [-0.4, -0.2) is 9.97 Å². The van der Waals surface area contributed by atoms with Crippen LogP contribution in [0.15, 0.2) is 54.9 Å². The highest BCUT2D eigenvalue weighted by atomic mass is 14.9. The van der Waals surface area contributed by atoms with Crippen LogP contribution in [-0.2, 0) is 6.54 Å². The lowest BCUT2D eigenvalue weighted by Crippen LogP contribution is -2.02. The summed E-state index contributed by atoms with van der Waals surface area (Å²) in [6, 6.07) is 14.4. The van der Waals surface area contributed by atoms with Gasteiger partial charge >= 0.3 is 0 Å². The summed E-state index contributed by atoms with van der Waals surface area (Å²) >= 11 is 0. The van der Waals surface area contributed by atoms with Crippen LogP contribution in [0.5, 0.6) is 0 Å². The SMILES string of the molecule is Cc1cncc(NCc2ccc3ccccc3n2)c1. The fourth-order valence-electron chi connectivity index (χ4n) is 2.05. The lowest BCUT2D eigenvalue weighted by atomic mass is 10.2. The van der Waals surface area contributed by atoms with E-state index in [4.69, 9.17) is 0 Å². The number of fused-ring (bicyclic) bond motifs is 1. The maximum Gasteiger partial charge on any atom is 0.0706 e. The summed E-state index contributed by atoms with van der Waals surface area (Å²) in [5, 5.41) is 4.51. The summed E-state index contributed by atoms with van der Waals surface area (Å²) in [4.78, 5) is 8.79. The van der Waals surface area contributed by atoms with Gasteiger partial charge in [0, 0.05) is 17.8 Å². The van der Waals surface area contributed by atoms with E-state index >= 15 is 0 Å². The Morgan fingerprint density at radius 3 is 2.84 bits per heavy atom. The van der Waals surface area contributed by atoms with Gasteiger partial charge in [0.05, 0.1) is 23.4 Å². The van der Waals surface area contributed by atoms with Gasteiger partial charge in [-0.3, -0.25) is 9.97 Å². The first-order chi connectivity index (χ1) is 9.31. The predicted molar refractivity (Wildman–Crippen MR) is 78.0 cm³/mol. The van der Waals surface area contributed by atoms with Crippen molar-refractivity contribution in [1.29, 1.82) is 0 Å². The predicted octanol–water partition coefficient (Wildman–Crippen LogP) is 3.55. The van der Waals surface area contributed by atoms with Gasteiger partial charge in [-0.1, -0.05) is 24.3 Å². The van der Waals surface area contributed by atoms with E-state index in [9.17, 15) is 0 Å². The monoisotopic (exact) mass is 249 g/mol. The molecule has 0 amide bonds. The number of pyridine rings is 2. The molecule has 94 valence electrons. The molecule has 3 rings (SSSR count).